The minimum Gasteiger partial charge on any atom is -0.486 e. The fourth-order valence-electron chi connectivity index (χ4n) is 5.38. The van der Waals surface area contributed by atoms with E-state index in [9.17, 15) is 4.79 Å². The zero-order chi connectivity index (χ0) is 29.4. The fourth-order valence-corrected chi connectivity index (χ4v) is 5.68. The summed E-state index contributed by atoms with van der Waals surface area (Å²) in [5.74, 6) is 1.06. The molecule has 0 radical (unpaired) electrons. The van der Waals surface area contributed by atoms with Crippen LogP contribution < -0.4 is 10.1 Å². The topological polar surface area (TPSA) is 70.2 Å². The average Bonchev–Trinajstić information content (AvgIpc) is 3.25. The number of hydrogen-bond donors (Lipinski definition) is 2. The number of carbonyl (C=O) groups excluding carboxylic acids is 1. The van der Waals surface area contributed by atoms with Crippen LogP contribution in [-0.4, -0.2) is 53.8 Å². The number of benzene rings is 1. The Hall–Kier alpha value is -3.61. The van der Waals surface area contributed by atoms with Gasteiger partial charge in [-0.2, -0.15) is 5.10 Å². The minimum atomic E-state index is -0.246. The highest BCUT2D eigenvalue weighted by Crippen LogP contribution is 2.29. The summed E-state index contributed by atoms with van der Waals surface area (Å²) in [6, 6.07) is 5.95. The zero-order valence-electron chi connectivity index (χ0n) is 24.5. The molecule has 41 heavy (non-hydrogen) atoms. The van der Waals surface area contributed by atoms with Crippen molar-refractivity contribution >= 4 is 34.5 Å². The van der Waals surface area contributed by atoms with Crippen LogP contribution in [0.1, 0.15) is 45.7 Å². The second-order valence-electron chi connectivity index (χ2n) is 10.6. The van der Waals surface area contributed by atoms with Crippen LogP contribution in [0.15, 0.2) is 94.6 Å². The lowest BCUT2D eigenvalue weighted by Gasteiger charge is -2.31. The van der Waals surface area contributed by atoms with Crippen molar-refractivity contribution in [2.24, 2.45) is 5.92 Å². The van der Waals surface area contributed by atoms with Gasteiger partial charge in [-0.15, -0.1) is 0 Å². The van der Waals surface area contributed by atoms with Crippen LogP contribution in [0, 0.1) is 5.92 Å². The van der Waals surface area contributed by atoms with E-state index in [1.165, 1.54) is 5.57 Å². The summed E-state index contributed by atoms with van der Waals surface area (Å²) in [5, 5.41) is 12.0. The van der Waals surface area contributed by atoms with Crippen LogP contribution in [0.4, 0.5) is 0 Å². The predicted molar refractivity (Wildman–Crippen MR) is 171 cm³/mol. The van der Waals surface area contributed by atoms with Gasteiger partial charge < -0.3 is 10.1 Å². The van der Waals surface area contributed by atoms with Gasteiger partial charge in [0.1, 0.15) is 11.9 Å². The number of nitrogens with one attached hydrogen (secondary N) is 2. The molecule has 2 aromatic rings. The van der Waals surface area contributed by atoms with Crippen molar-refractivity contribution in [1.29, 1.82) is 0 Å². The number of carbonyl (C=O) groups is 1. The number of piperidine rings is 1. The van der Waals surface area contributed by atoms with E-state index in [1.54, 1.807) is 13.1 Å². The Morgan fingerprint density at radius 3 is 2.78 bits per heavy atom. The maximum atomic E-state index is 11.9. The van der Waals surface area contributed by atoms with Crippen molar-refractivity contribution < 1.29 is 9.53 Å². The molecular weight excluding hydrogens is 532 g/mol. The number of hydrogen-bond acceptors (Lipinski definition) is 4. The minimum absolute atomic E-state index is 0.146. The van der Waals surface area contributed by atoms with Crippen LogP contribution in [-0.2, 0) is 4.79 Å². The molecule has 0 saturated carbocycles. The molecule has 4 rings (SSSR count). The fraction of sp³-hybridized carbons (Fsp3) is 0.353. The molecule has 6 nitrogen and oxygen atoms in total. The van der Waals surface area contributed by atoms with Gasteiger partial charge in [0, 0.05) is 35.5 Å². The first kappa shape index (κ1) is 30.4. The molecule has 1 atom stereocenters. The second-order valence-corrected chi connectivity index (χ2v) is 11.0. The maximum absolute atomic E-state index is 11.9. The van der Waals surface area contributed by atoms with Crippen molar-refractivity contribution in [2.75, 3.05) is 26.7 Å². The van der Waals surface area contributed by atoms with E-state index in [0.29, 0.717) is 5.03 Å². The highest BCUT2D eigenvalue weighted by atomic mass is 35.5. The van der Waals surface area contributed by atoms with Crippen LogP contribution >= 0.6 is 11.6 Å². The van der Waals surface area contributed by atoms with E-state index < -0.39 is 0 Å². The molecule has 1 fully saturated rings. The summed E-state index contributed by atoms with van der Waals surface area (Å²) in [4.78, 5) is 14.4. The molecule has 7 heteroatoms. The van der Waals surface area contributed by atoms with E-state index in [4.69, 9.17) is 16.3 Å². The van der Waals surface area contributed by atoms with E-state index in [1.807, 2.05) is 51.1 Å². The Bertz CT molecular complexity index is 1450. The van der Waals surface area contributed by atoms with Crippen LogP contribution in [0.25, 0.3) is 17.0 Å². The Kier molecular flexibility index (Phi) is 10.6. The number of likely N-dealkylation sites (tertiary alicyclic amines) is 1. The third kappa shape index (κ3) is 7.78. The Labute approximate surface area is 248 Å². The van der Waals surface area contributed by atoms with Gasteiger partial charge in [-0.05, 0) is 88.5 Å². The van der Waals surface area contributed by atoms with E-state index in [0.717, 1.165) is 78.0 Å². The monoisotopic (exact) mass is 572 g/mol. The first-order valence-corrected chi connectivity index (χ1v) is 14.7. The number of amides is 1. The number of ether oxygens (including phenoxy) is 1. The molecule has 2 N–H and O–H groups in total. The number of aromatic amines is 1. The summed E-state index contributed by atoms with van der Waals surface area (Å²) in [6.45, 7) is 12.7. The molecular formula is C34H41ClN4O2. The van der Waals surface area contributed by atoms with Crippen molar-refractivity contribution in [2.45, 2.75) is 46.1 Å². The maximum Gasteiger partial charge on any atom is 0.222 e. The third-order valence-corrected chi connectivity index (χ3v) is 8.20. The van der Waals surface area contributed by atoms with Crippen LogP contribution in [0.2, 0.25) is 0 Å². The number of nitrogens with zero attached hydrogens (tertiary/aromatic N) is 2. The van der Waals surface area contributed by atoms with E-state index in [-0.39, 0.29) is 17.9 Å². The van der Waals surface area contributed by atoms with Crippen molar-refractivity contribution in [1.82, 2.24) is 20.4 Å². The zero-order valence-corrected chi connectivity index (χ0v) is 25.3. The molecule has 1 aliphatic carbocycles. The quantitative estimate of drug-likeness (QED) is 0.294. The molecule has 2 heterocycles. The average molecular weight is 573 g/mol. The lowest BCUT2D eigenvalue weighted by atomic mass is 9.95. The number of fused-ring (bicyclic) bond motifs is 1. The number of rotatable bonds is 10. The van der Waals surface area contributed by atoms with Gasteiger partial charge in [0.15, 0.2) is 0 Å². The van der Waals surface area contributed by atoms with Gasteiger partial charge in [-0.1, -0.05) is 66.3 Å². The summed E-state index contributed by atoms with van der Waals surface area (Å²) in [6.07, 6.45) is 19.1. The molecule has 0 spiro atoms. The van der Waals surface area contributed by atoms with Gasteiger partial charge in [0.05, 0.1) is 11.2 Å². The molecule has 1 aromatic carbocycles. The summed E-state index contributed by atoms with van der Waals surface area (Å²) >= 11 is 6.46. The molecule has 0 bridgehead atoms. The third-order valence-electron chi connectivity index (χ3n) is 7.84. The first-order valence-electron chi connectivity index (χ1n) is 14.3. The molecule has 1 aliphatic heterocycles. The highest BCUT2D eigenvalue weighted by molar-refractivity contribution is 6.31. The summed E-state index contributed by atoms with van der Waals surface area (Å²) in [5.41, 5.74) is 6.27. The molecule has 2 aliphatic rings. The largest absolute Gasteiger partial charge is 0.486 e. The van der Waals surface area contributed by atoms with E-state index >= 15 is 0 Å². The molecule has 216 valence electrons. The molecule has 1 aromatic heterocycles. The SMILES string of the molecule is C=C/C(Cl)=C(\C(C)=C/C)C(C)Oc1ccc2[nH]nc(/C=C/C3=CC=C(CN4CCC(C(=O)NC)CC4)CC=C3)c2c1. The Morgan fingerprint density at radius 2 is 2.07 bits per heavy atom. The predicted octanol–water partition coefficient (Wildman–Crippen LogP) is 7.26. The van der Waals surface area contributed by atoms with Gasteiger partial charge in [0.25, 0.3) is 0 Å². The smallest absolute Gasteiger partial charge is 0.222 e. The highest BCUT2D eigenvalue weighted by Gasteiger charge is 2.24. The number of allylic oxidation sites excluding steroid dienone is 9. The summed E-state index contributed by atoms with van der Waals surface area (Å²) in [7, 11) is 1.72. The Morgan fingerprint density at radius 1 is 1.29 bits per heavy atom. The number of aromatic nitrogens is 2. The Balaban J connectivity index is 1.44. The normalized spacial score (nSPS) is 18.5. The van der Waals surface area contributed by atoms with E-state index in [2.05, 4.69) is 57.4 Å². The summed E-state index contributed by atoms with van der Waals surface area (Å²) < 4.78 is 6.31. The number of halogens is 1. The standard InChI is InChI=1S/C34H41ClN4O2/c1-6-23(3)33(30(35)7-2)24(4)41-28-14-16-32-29(21-28)31(37-38-32)15-13-25-9-8-10-26(12-11-25)22-39-19-17-27(18-20-39)34(40)36-5/h6-9,11-16,21,24,27H,2,10,17-20,22H2,1,3-5H3,(H,36,40)(H,37,38)/b15-13+,23-6-,33-30-. The van der Waals surface area contributed by atoms with Crippen molar-refractivity contribution in [3.05, 3.63) is 100 Å². The van der Waals surface area contributed by atoms with Crippen LogP contribution in [0.5, 0.6) is 5.75 Å². The lowest BCUT2D eigenvalue weighted by Crippen LogP contribution is -2.40. The number of H-pyrrole nitrogens is 1. The van der Waals surface area contributed by atoms with Crippen LogP contribution in [0.3, 0.4) is 0 Å². The van der Waals surface area contributed by atoms with Gasteiger partial charge in [-0.3, -0.25) is 14.8 Å². The van der Waals surface area contributed by atoms with Crippen molar-refractivity contribution in [3.8, 4) is 5.75 Å². The first-order chi connectivity index (χ1) is 19.8. The molecule has 1 amide bonds. The van der Waals surface area contributed by atoms with Gasteiger partial charge in [0.2, 0.25) is 5.91 Å². The molecule has 1 unspecified atom stereocenters. The lowest BCUT2D eigenvalue weighted by molar-refractivity contribution is -0.125. The van der Waals surface area contributed by atoms with Gasteiger partial charge >= 0.3 is 0 Å². The second kappa shape index (κ2) is 14.3. The van der Waals surface area contributed by atoms with Gasteiger partial charge in [-0.25, -0.2) is 0 Å². The van der Waals surface area contributed by atoms with Crippen molar-refractivity contribution in [3.63, 3.8) is 0 Å². The molecule has 1 saturated heterocycles.